The lowest BCUT2D eigenvalue weighted by Gasteiger charge is -2.24. The summed E-state index contributed by atoms with van der Waals surface area (Å²) in [5.74, 6) is 2.05. The highest BCUT2D eigenvalue weighted by Crippen LogP contribution is 2.29. The van der Waals surface area contributed by atoms with Crippen molar-refractivity contribution in [2.24, 2.45) is 0 Å². The van der Waals surface area contributed by atoms with E-state index in [4.69, 9.17) is 16.3 Å². The van der Waals surface area contributed by atoms with Gasteiger partial charge in [0.25, 0.3) is 0 Å². The Balaban J connectivity index is 1.82. The molecule has 0 radical (unpaired) electrons. The molecule has 2 heterocycles. The van der Waals surface area contributed by atoms with Gasteiger partial charge in [-0.05, 0) is 31.5 Å². The molecule has 0 bridgehead atoms. The van der Waals surface area contributed by atoms with E-state index in [0.29, 0.717) is 29.0 Å². The maximum absolute atomic E-state index is 11.7. The number of rotatable bonds is 5. The van der Waals surface area contributed by atoms with Gasteiger partial charge in [0, 0.05) is 30.5 Å². The standard InChI is InChI=1S/C17H21ClN4O3S/c1-11-8-16(20-12-4-5-15(25-3)14(18)9-12)21-17(19-11)22(2)13-6-7-26(23,24)10-13/h4-5,8-9,13H,6-7,10H2,1-3H3,(H,19,20,21). The zero-order valence-electron chi connectivity index (χ0n) is 14.9. The number of anilines is 3. The van der Waals surface area contributed by atoms with Crippen LogP contribution in [0.5, 0.6) is 5.75 Å². The number of halogens is 1. The van der Waals surface area contributed by atoms with E-state index in [-0.39, 0.29) is 17.5 Å². The molecule has 1 aliphatic rings. The van der Waals surface area contributed by atoms with Crippen molar-refractivity contribution in [2.75, 3.05) is 35.9 Å². The van der Waals surface area contributed by atoms with E-state index in [1.165, 1.54) is 0 Å². The number of benzene rings is 1. The summed E-state index contributed by atoms with van der Waals surface area (Å²) in [5.41, 5.74) is 1.55. The summed E-state index contributed by atoms with van der Waals surface area (Å²) in [6, 6.07) is 7.08. The van der Waals surface area contributed by atoms with Crippen molar-refractivity contribution in [1.29, 1.82) is 0 Å². The smallest absolute Gasteiger partial charge is 0.227 e. The first kappa shape index (κ1) is 18.7. The van der Waals surface area contributed by atoms with Gasteiger partial charge in [0.05, 0.1) is 23.6 Å². The van der Waals surface area contributed by atoms with Gasteiger partial charge >= 0.3 is 0 Å². The van der Waals surface area contributed by atoms with Gasteiger partial charge in [-0.15, -0.1) is 0 Å². The highest BCUT2D eigenvalue weighted by molar-refractivity contribution is 7.91. The van der Waals surface area contributed by atoms with E-state index in [9.17, 15) is 8.42 Å². The third-order valence-electron chi connectivity index (χ3n) is 4.34. The molecule has 7 nitrogen and oxygen atoms in total. The minimum absolute atomic E-state index is 0.106. The van der Waals surface area contributed by atoms with E-state index >= 15 is 0 Å². The van der Waals surface area contributed by atoms with E-state index in [2.05, 4.69) is 15.3 Å². The van der Waals surface area contributed by atoms with Crippen molar-refractivity contribution in [3.05, 3.63) is 35.0 Å². The molecule has 0 spiro atoms. The predicted molar refractivity (Wildman–Crippen MR) is 104 cm³/mol. The van der Waals surface area contributed by atoms with Crippen LogP contribution >= 0.6 is 11.6 Å². The summed E-state index contributed by atoms with van der Waals surface area (Å²) in [6.45, 7) is 1.87. The molecule has 0 aliphatic carbocycles. The fraction of sp³-hybridized carbons (Fsp3) is 0.412. The van der Waals surface area contributed by atoms with Crippen LogP contribution in [0.3, 0.4) is 0 Å². The molecule has 1 aliphatic heterocycles. The summed E-state index contributed by atoms with van der Waals surface area (Å²) in [5, 5.41) is 3.70. The van der Waals surface area contributed by atoms with Crippen LogP contribution in [0.2, 0.25) is 5.02 Å². The molecule has 1 aromatic carbocycles. The van der Waals surface area contributed by atoms with E-state index < -0.39 is 9.84 Å². The summed E-state index contributed by atoms with van der Waals surface area (Å²) in [6.07, 6.45) is 0.590. The van der Waals surface area contributed by atoms with Crippen molar-refractivity contribution in [1.82, 2.24) is 9.97 Å². The Labute approximate surface area is 158 Å². The SMILES string of the molecule is COc1ccc(Nc2cc(C)nc(N(C)C3CCS(=O)(=O)C3)n2)cc1Cl. The lowest BCUT2D eigenvalue weighted by atomic mass is 10.2. The van der Waals surface area contributed by atoms with E-state index in [1.807, 2.05) is 31.0 Å². The Kier molecular flexibility index (Phi) is 5.24. The molecule has 1 fully saturated rings. The lowest BCUT2D eigenvalue weighted by Crippen LogP contribution is -2.34. The van der Waals surface area contributed by atoms with E-state index in [0.717, 1.165) is 11.4 Å². The van der Waals surface area contributed by atoms with Crippen LogP contribution in [0, 0.1) is 6.92 Å². The first-order chi connectivity index (χ1) is 12.3. The van der Waals surface area contributed by atoms with Crippen LogP contribution < -0.4 is 15.0 Å². The van der Waals surface area contributed by atoms with Crippen LogP contribution in [0.15, 0.2) is 24.3 Å². The van der Waals surface area contributed by atoms with Crippen LogP contribution in [0.25, 0.3) is 0 Å². The summed E-state index contributed by atoms with van der Waals surface area (Å²) in [7, 11) is 0.423. The maximum Gasteiger partial charge on any atom is 0.227 e. The minimum Gasteiger partial charge on any atom is -0.495 e. The molecular weight excluding hydrogens is 376 g/mol. The van der Waals surface area contributed by atoms with Crippen molar-refractivity contribution in [2.45, 2.75) is 19.4 Å². The van der Waals surface area contributed by atoms with Crippen molar-refractivity contribution < 1.29 is 13.2 Å². The number of hydrogen-bond acceptors (Lipinski definition) is 7. The fourth-order valence-electron chi connectivity index (χ4n) is 2.91. The van der Waals surface area contributed by atoms with Crippen LogP contribution in [0.1, 0.15) is 12.1 Å². The number of aryl methyl sites for hydroxylation is 1. The number of hydrogen-bond donors (Lipinski definition) is 1. The summed E-state index contributed by atoms with van der Waals surface area (Å²) < 4.78 is 28.6. The van der Waals surface area contributed by atoms with Crippen LogP contribution in [-0.4, -0.2) is 50.1 Å². The number of nitrogens with zero attached hydrogens (tertiary/aromatic N) is 3. The van der Waals surface area contributed by atoms with Crippen LogP contribution in [0.4, 0.5) is 17.5 Å². The molecule has 0 saturated carbocycles. The molecule has 26 heavy (non-hydrogen) atoms. The fourth-order valence-corrected chi connectivity index (χ4v) is 4.94. The number of aromatic nitrogens is 2. The van der Waals surface area contributed by atoms with Crippen LogP contribution in [-0.2, 0) is 9.84 Å². The quantitative estimate of drug-likeness (QED) is 0.831. The maximum atomic E-state index is 11.7. The molecule has 140 valence electrons. The average molecular weight is 397 g/mol. The lowest BCUT2D eigenvalue weighted by molar-refractivity contribution is 0.415. The van der Waals surface area contributed by atoms with Crippen molar-refractivity contribution in [3.8, 4) is 5.75 Å². The Morgan fingerprint density at radius 2 is 2.08 bits per heavy atom. The highest BCUT2D eigenvalue weighted by Gasteiger charge is 2.31. The monoisotopic (exact) mass is 396 g/mol. The number of methoxy groups -OCH3 is 1. The Bertz CT molecular complexity index is 920. The molecule has 1 atom stereocenters. The second-order valence-corrected chi connectivity index (χ2v) is 8.97. The molecule has 1 unspecified atom stereocenters. The molecular formula is C17H21ClN4O3S. The zero-order chi connectivity index (χ0) is 18.9. The van der Waals surface area contributed by atoms with Gasteiger partial charge < -0.3 is 15.0 Å². The molecule has 2 aromatic rings. The second-order valence-electron chi connectivity index (χ2n) is 6.34. The zero-order valence-corrected chi connectivity index (χ0v) is 16.4. The second kappa shape index (κ2) is 7.28. The Morgan fingerprint density at radius 1 is 1.31 bits per heavy atom. The van der Waals surface area contributed by atoms with Gasteiger partial charge in [-0.25, -0.2) is 13.4 Å². The summed E-state index contributed by atoms with van der Waals surface area (Å²) >= 11 is 6.16. The Hall–Kier alpha value is -2.06. The number of ether oxygens (including phenoxy) is 1. The van der Waals surface area contributed by atoms with Crippen molar-refractivity contribution >= 4 is 38.9 Å². The third kappa shape index (κ3) is 4.19. The third-order valence-corrected chi connectivity index (χ3v) is 6.38. The average Bonchev–Trinajstić information content (AvgIpc) is 2.94. The van der Waals surface area contributed by atoms with Gasteiger partial charge in [-0.3, -0.25) is 0 Å². The van der Waals surface area contributed by atoms with Gasteiger partial charge in [0.2, 0.25) is 5.95 Å². The topological polar surface area (TPSA) is 84.4 Å². The van der Waals surface area contributed by atoms with Gasteiger partial charge in [-0.1, -0.05) is 11.6 Å². The van der Waals surface area contributed by atoms with Gasteiger partial charge in [-0.2, -0.15) is 4.98 Å². The largest absolute Gasteiger partial charge is 0.495 e. The first-order valence-corrected chi connectivity index (χ1v) is 10.4. The van der Waals surface area contributed by atoms with Crippen molar-refractivity contribution in [3.63, 3.8) is 0 Å². The minimum atomic E-state index is -2.97. The number of nitrogens with one attached hydrogen (secondary N) is 1. The first-order valence-electron chi connectivity index (χ1n) is 8.17. The molecule has 1 saturated heterocycles. The van der Waals surface area contributed by atoms with E-state index in [1.54, 1.807) is 19.2 Å². The van der Waals surface area contributed by atoms with Gasteiger partial charge in [0.1, 0.15) is 11.6 Å². The Morgan fingerprint density at radius 3 is 2.69 bits per heavy atom. The summed E-state index contributed by atoms with van der Waals surface area (Å²) in [4.78, 5) is 10.8. The highest BCUT2D eigenvalue weighted by atomic mass is 35.5. The molecule has 1 N–H and O–H groups in total. The normalized spacial score (nSPS) is 18.5. The molecule has 1 aromatic heterocycles. The molecule has 0 amide bonds. The molecule has 9 heteroatoms. The number of sulfone groups is 1. The molecule has 3 rings (SSSR count). The predicted octanol–water partition coefficient (Wildman–Crippen LogP) is 2.81. The van der Waals surface area contributed by atoms with Gasteiger partial charge in [0.15, 0.2) is 9.84 Å².